The maximum absolute atomic E-state index is 6.14. The number of hydrogen-bond donors (Lipinski definition) is 2. The summed E-state index contributed by atoms with van der Waals surface area (Å²) < 4.78 is 6.14. The molecule has 4 nitrogen and oxygen atoms in total. The van der Waals surface area contributed by atoms with Crippen LogP contribution in [0.1, 0.15) is 37.4 Å². The lowest BCUT2D eigenvalue weighted by Crippen LogP contribution is -1.95. The van der Waals surface area contributed by atoms with E-state index in [1.807, 2.05) is 42.6 Å². The highest BCUT2D eigenvalue weighted by atomic mass is 16.5. The van der Waals surface area contributed by atoms with Gasteiger partial charge in [-0.2, -0.15) is 0 Å². The second-order valence-corrected chi connectivity index (χ2v) is 6.93. The van der Waals surface area contributed by atoms with Crippen molar-refractivity contribution in [2.45, 2.75) is 32.8 Å². The van der Waals surface area contributed by atoms with Crippen LogP contribution in [0.15, 0.2) is 77.6 Å². The number of nitrogens with one attached hydrogen (secondary N) is 2. The largest absolute Gasteiger partial charge is 0.487 e. The normalized spacial score (nSPS) is 14.6. The SMILES string of the molecule is CCCCC1=N/C(=C/c2[nH]c(-c3ccc[nH]3)cc2OCc2ccccc2)C=C1. The molecule has 142 valence electrons. The third-order valence-corrected chi connectivity index (χ3v) is 4.73. The van der Waals surface area contributed by atoms with Gasteiger partial charge in [0.05, 0.1) is 22.8 Å². The van der Waals surface area contributed by atoms with Crippen LogP contribution in [-0.2, 0) is 6.61 Å². The average molecular weight is 371 g/mol. The highest BCUT2D eigenvalue weighted by Gasteiger charge is 2.12. The highest BCUT2D eigenvalue weighted by molar-refractivity contribution is 5.99. The Bertz CT molecular complexity index is 992. The first-order valence-corrected chi connectivity index (χ1v) is 9.82. The predicted molar refractivity (Wildman–Crippen MR) is 115 cm³/mol. The summed E-state index contributed by atoms with van der Waals surface area (Å²) in [6.07, 6.45) is 11.5. The minimum atomic E-state index is 0.528. The Hall–Kier alpha value is -3.27. The summed E-state index contributed by atoms with van der Waals surface area (Å²) in [5, 5.41) is 0. The van der Waals surface area contributed by atoms with Gasteiger partial charge in [-0.3, -0.25) is 4.99 Å². The fourth-order valence-corrected chi connectivity index (χ4v) is 3.20. The van der Waals surface area contributed by atoms with Crippen LogP contribution in [0, 0.1) is 0 Å². The Balaban J connectivity index is 1.59. The van der Waals surface area contributed by atoms with Gasteiger partial charge < -0.3 is 14.7 Å². The lowest BCUT2D eigenvalue weighted by molar-refractivity contribution is 0.306. The zero-order valence-electron chi connectivity index (χ0n) is 16.1. The molecule has 0 aliphatic carbocycles. The van der Waals surface area contributed by atoms with Gasteiger partial charge in [-0.1, -0.05) is 43.7 Å². The van der Waals surface area contributed by atoms with Crippen molar-refractivity contribution in [3.05, 3.63) is 83.8 Å². The number of nitrogens with zero attached hydrogens (tertiary/aromatic N) is 1. The first-order chi connectivity index (χ1) is 13.8. The molecule has 0 bridgehead atoms. The number of aromatic nitrogens is 2. The number of ether oxygens (including phenoxy) is 1. The minimum Gasteiger partial charge on any atom is -0.487 e. The quantitative estimate of drug-likeness (QED) is 0.491. The molecule has 0 saturated carbocycles. The molecule has 3 heterocycles. The summed E-state index contributed by atoms with van der Waals surface area (Å²) in [5.41, 5.74) is 6.21. The predicted octanol–water partition coefficient (Wildman–Crippen LogP) is 6.13. The summed E-state index contributed by atoms with van der Waals surface area (Å²) >= 11 is 0. The van der Waals surface area contributed by atoms with Gasteiger partial charge in [0.15, 0.2) is 0 Å². The number of aromatic amines is 2. The molecule has 4 heteroatoms. The van der Waals surface area contributed by atoms with E-state index in [1.54, 1.807) is 0 Å². The molecular formula is C24H25N3O. The molecule has 0 amide bonds. The van der Waals surface area contributed by atoms with Crippen molar-refractivity contribution < 1.29 is 4.74 Å². The summed E-state index contributed by atoms with van der Waals surface area (Å²) in [6, 6.07) is 16.3. The average Bonchev–Trinajstić information content (AvgIpc) is 3.47. The lowest BCUT2D eigenvalue weighted by Gasteiger charge is -2.05. The van der Waals surface area contributed by atoms with Gasteiger partial charge in [0.2, 0.25) is 0 Å². The summed E-state index contributed by atoms with van der Waals surface area (Å²) in [7, 11) is 0. The van der Waals surface area contributed by atoms with E-state index in [9.17, 15) is 0 Å². The summed E-state index contributed by atoms with van der Waals surface area (Å²) in [4.78, 5) is 11.4. The van der Waals surface area contributed by atoms with Crippen LogP contribution >= 0.6 is 0 Å². The van der Waals surface area contributed by atoms with Crippen LogP contribution in [0.3, 0.4) is 0 Å². The second-order valence-electron chi connectivity index (χ2n) is 6.93. The maximum Gasteiger partial charge on any atom is 0.145 e. The number of benzene rings is 1. The molecule has 0 fully saturated rings. The Labute approximate surface area is 165 Å². The number of aliphatic imine (C=N–C) groups is 1. The molecule has 0 spiro atoms. The van der Waals surface area contributed by atoms with Crippen molar-refractivity contribution in [2.24, 2.45) is 4.99 Å². The first kappa shape index (κ1) is 18.1. The Morgan fingerprint density at radius 3 is 2.71 bits per heavy atom. The molecule has 0 saturated heterocycles. The zero-order chi connectivity index (χ0) is 19.2. The van der Waals surface area contributed by atoms with Gasteiger partial charge in [0, 0.05) is 18.0 Å². The van der Waals surface area contributed by atoms with Crippen molar-refractivity contribution in [1.82, 2.24) is 9.97 Å². The highest BCUT2D eigenvalue weighted by Crippen LogP contribution is 2.30. The van der Waals surface area contributed by atoms with E-state index >= 15 is 0 Å². The minimum absolute atomic E-state index is 0.528. The van der Waals surface area contributed by atoms with Crippen molar-refractivity contribution >= 4 is 11.8 Å². The topological polar surface area (TPSA) is 53.2 Å². The lowest BCUT2D eigenvalue weighted by atomic mass is 10.2. The zero-order valence-corrected chi connectivity index (χ0v) is 16.1. The van der Waals surface area contributed by atoms with Crippen LogP contribution in [0.4, 0.5) is 0 Å². The Morgan fingerprint density at radius 2 is 1.93 bits per heavy atom. The van der Waals surface area contributed by atoms with Crippen molar-refractivity contribution in [1.29, 1.82) is 0 Å². The molecule has 0 unspecified atom stereocenters. The van der Waals surface area contributed by atoms with E-state index < -0.39 is 0 Å². The second kappa shape index (κ2) is 8.61. The van der Waals surface area contributed by atoms with Crippen LogP contribution in [0.2, 0.25) is 0 Å². The molecule has 28 heavy (non-hydrogen) atoms. The van der Waals surface area contributed by atoms with E-state index in [1.165, 1.54) is 12.8 Å². The standard InChI is InChI=1S/C24H25N3O/c1-2-3-10-19-12-13-20(26-19)15-23-24(28-17-18-8-5-4-6-9-18)16-22(27-23)21-11-7-14-25-21/h4-9,11-16,25,27H,2-3,10,17H2,1H3/b20-15+. The molecule has 4 rings (SSSR count). The monoisotopic (exact) mass is 371 g/mol. The van der Waals surface area contributed by atoms with Crippen LogP contribution in [0.5, 0.6) is 5.75 Å². The molecule has 1 aliphatic heterocycles. The fourth-order valence-electron chi connectivity index (χ4n) is 3.20. The number of hydrogen-bond acceptors (Lipinski definition) is 2. The Kier molecular flexibility index (Phi) is 5.57. The van der Waals surface area contributed by atoms with E-state index in [2.05, 4.69) is 47.3 Å². The molecule has 1 aliphatic rings. The maximum atomic E-state index is 6.14. The first-order valence-electron chi connectivity index (χ1n) is 9.82. The van der Waals surface area contributed by atoms with E-state index in [0.29, 0.717) is 6.61 Å². The third kappa shape index (κ3) is 4.34. The van der Waals surface area contributed by atoms with Crippen LogP contribution in [-0.4, -0.2) is 15.7 Å². The van der Waals surface area contributed by atoms with E-state index in [0.717, 1.165) is 46.2 Å². The van der Waals surface area contributed by atoms with Crippen molar-refractivity contribution in [3.63, 3.8) is 0 Å². The van der Waals surface area contributed by atoms with Crippen LogP contribution in [0.25, 0.3) is 17.5 Å². The van der Waals surface area contributed by atoms with E-state index in [-0.39, 0.29) is 0 Å². The van der Waals surface area contributed by atoms with Gasteiger partial charge in [-0.25, -0.2) is 0 Å². The number of rotatable bonds is 8. The van der Waals surface area contributed by atoms with Crippen LogP contribution < -0.4 is 4.74 Å². The Morgan fingerprint density at radius 1 is 1.04 bits per heavy atom. The molecule has 1 aromatic carbocycles. The summed E-state index contributed by atoms with van der Waals surface area (Å²) in [6.45, 7) is 2.73. The third-order valence-electron chi connectivity index (χ3n) is 4.73. The number of H-pyrrole nitrogens is 2. The summed E-state index contributed by atoms with van der Waals surface area (Å²) in [5.74, 6) is 0.826. The molecule has 0 atom stereocenters. The fraction of sp³-hybridized carbons (Fsp3) is 0.208. The molecule has 2 aromatic heterocycles. The number of allylic oxidation sites excluding steroid dienone is 2. The van der Waals surface area contributed by atoms with E-state index in [4.69, 9.17) is 9.73 Å². The molecular weight excluding hydrogens is 346 g/mol. The van der Waals surface area contributed by atoms with Crippen molar-refractivity contribution in [3.8, 4) is 17.1 Å². The van der Waals surface area contributed by atoms with Gasteiger partial charge in [-0.15, -0.1) is 0 Å². The number of unbranched alkanes of at least 4 members (excludes halogenated alkanes) is 1. The van der Waals surface area contributed by atoms with Gasteiger partial charge in [0.25, 0.3) is 0 Å². The molecule has 3 aromatic rings. The van der Waals surface area contributed by atoms with Gasteiger partial charge >= 0.3 is 0 Å². The molecule has 0 radical (unpaired) electrons. The van der Waals surface area contributed by atoms with Gasteiger partial charge in [0.1, 0.15) is 12.4 Å². The van der Waals surface area contributed by atoms with Gasteiger partial charge in [-0.05, 0) is 48.8 Å². The smallest absolute Gasteiger partial charge is 0.145 e. The molecule has 2 N–H and O–H groups in total. The van der Waals surface area contributed by atoms with Crippen molar-refractivity contribution in [2.75, 3.05) is 0 Å².